The van der Waals surface area contributed by atoms with Crippen molar-refractivity contribution in [3.8, 4) is 56.2 Å². The van der Waals surface area contributed by atoms with Crippen LogP contribution in [0.25, 0.3) is 97.9 Å². The zero-order valence-corrected chi connectivity index (χ0v) is 30.8. The molecule has 1 aliphatic carbocycles. The first-order valence-electron chi connectivity index (χ1n) is 18.6. The number of hydrogen-bond acceptors (Lipinski definition) is 3. The molecule has 1 aliphatic rings. The van der Waals surface area contributed by atoms with E-state index in [1.165, 1.54) is 69.7 Å². The van der Waals surface area contributed by atoms with Crippen molar-refractivity contribution in [1.82, 2.24) is 9.97 Å². The molecule has 2 heterocycles. The molecule has 10 aromatic rings. The van der Waals surface area contributed by atoms with Crippen molar-refractivity contribution in [2.75, 3.05) is 0 Å². The van der Waals surface area contributed by atoms with Crippen LogP contribution in [-0.2, 0) is 5.41 Å². The molecule has 0 N–H and O–H groups in total. The van der Waals surface area contributed by atoms with Gasteiger partial charge in [0, 0.05) is 42.3 Å². The van der Waals surface area contributed by atoms with Crippen molar-refractivity contribution in [2.24, 2.45) is 0 Å². The Balaban J connectivity index is 1.10. The molecule has 0 amide bonds. The van der Waals surface area contributed by atoms with Crippen LogP contribution in [0.5, 0.6) is 0 Å². The third-order valence-electron chi connectivity index (χ3n) is 11.5. The van der Waals surface area contributed by atoms with E-state index in [0.717, 1.165) is 39.3 Å². The zero-order valence-electron chi connectivity index (χ0n) is 30.0. The molecule has 0 saturated carbocycles. The SMILES string of the molecule is CC1(C)c2cc3ccccc3cc2-c2cccc(-c3ccc(-c4nc(-c5ccccc5)cc(-c5ccc6c(c5)sc5ccccc56)n4)c4ccccc34)c21. The first kappa shape index (κ1) is 31.1. The van der Waals surface area contributed by atoms with Crippen molar-refractivity contribution in [3.05, 3.63) is 181 Å². The molecular formula is C51H34N2S. The number of rotatable bonds is 4. The van der Waals surface area contributed by atoms with Crippen LogP contribution in [0.3, 0.4) is 0 Å². The summed E-state index contributed by atoms with van der Waals surface area (Å²) in [6.07, 6.45) is 0. The van der Waals surface area contributed by atoms with Crippen LogP contribution < -0.4 is 0 Å². The molecule has 0 unspecified atom stereocenters. The van der Waals surface area contributed by atoms with E-state index in [-0.39, 0.29) is 5.41 Å². The molecule has 54 heavy (non-hydrogen) atoms. The molecule has 254 valence electrons. The van der Waals surface area contributed by atoms with Crippen LogP contribution in [0.4, 0.5) is 0 Å². The lowest BCUT2D eigenvalue weighted by Gasteiger charge is -2.25. The van der Waals surface area contributed by atoms with Crippen LogP contribution >= 0.6 is 11.3 Å². The molecule has 0 saturated heterocycles. The lowest BCUT2D eigenvalue weighted by Crippen LogP contribution is -2.16. The number of nitrogens with zero attached hydrogens (tertiary/aromatic N) is 2. The second kappa shape index (κ2) is 11.8. The van der Waals surface area contributed by atoms with Crippen molar-refractivity contribution in [2.45, 2.75) is 19.3 Å². The third-order valence-corrected chi connectivity index (χ3v) is 12.6. The maximum atomic E-state index is 5.34. The largest absolute Gasteiger partial charge is 0.228 e. The second-order valence-corrected chi connectivity index (χ2v) is 16.0. The third kappa shape index (κ3) is 4.72. The van der Waals surface area contributed by atoms with Crippen LogP contribution in [-0.4, -0.2) is 9.97 Å². The lowest BCUT2D eigenvalue weighted by atomic mass is 9.78. The van der Waals surface area contributed by atoms with Gasteiger partial charge in [-0.15, -0.1) is 11.3 Å². The van der Waals surface area contributed by atoms with E-state index in [1.54, 1.807) is 0 Å². The van der Waals surface area contributed by atoms with Gasteiger partial charge in [0.2, 0.25) is 0 Å². The summed E-state index contributed by atoms with van der Waals surface area (Å²) in [5.41, 5.74) is 12.8. The van der Waals surface area contributed by atoms with Crippen molar-refractivity contribution in [1.29, 1.82) is 0 Å². The van der Waals surface area contributed by atoms with Crippen molar-refractivity contribution >= 4 is 53.1 Å². The Morgan fingerprint density at radius 2 is 1.02 bits per heavy atom. The minimum atomic E-state index is -0.164. The van der Waals surface area contributed by atoms with Gasteiger partial charge in [-0.1, -0.05) is 147 Å². The number of benzene rings is 8. The summed E-state index contributed by atoms with van der Waals surface area (Å²) in [4.78, 5) is 10.6. The molecule has 3 heteroatoms. The van der Waals surface area contributed by atoms with Crippen LogP contribution in [0.2, 0.25) is 0 Å². The molecule has 2 aromatic heterocycles. The van der Waals surface area contributed by atoms with Crippen LogP contribution in [0.1, 0.15) is 25.0 Å². The number of hydrogen-bond donors (Lipinski definition) is 0. The van der Waals surface area contributed by atoms with Gasteiger partial charge in [-0.3, -0.25) is 0 Å². The second-order valence-electron chi connectivity index (χ2n) is 14.9. The number of thiophene rings is 1. The molecule has 0 radical (unpaired) electrons. The quantitative estimate of drug-likeness (QED) is 0.182. The van der Waals surface area contributed by atoms with E-state index in [4.69, 9.17) is 9.97 Å². The normalized spacial score (nSPS) is 13.1. The van der Waals surface area contributed by atoms with E-state index < -0.39 is 0 Å². The molecule has 8 aromatic carbocycles. The highest BCUT2D eigenvalue weighted by atomic mass is 32.1. The summed E-state index contributed by atoms with van der Waals surface area (Å²) in [7, 11) is 0. The van der Waals surface area contributed by atoms with Crippen LogP contribution in [0.15, 0.2) is 170 Å². The highest BCUT2D eigenvalue weighted by Gasteiger charge is 2.38. The maximum Gasteiger partial charge on any atom is 0.161 e. The number of fused-ring (bicyclic) bond motifs is 8. The van der Waals surface area contributed by atoms with E-state index >= 15 is 0 Å². The Kier molecular flexibility index (Phi) is 6.80. The summed E-state index contributed by atoms with van der Waals surface area (Å²) in [5, 5.41) is 7.49. The molecular weight excluding hydrogens is 673 g/mol. The molecule has 0 fully saturated rings. The summed E-state index contributed by atoms with van der Waals surface area (Å²) in [5.74, 6) is 0.725. The minimum Gasteiger partial charge on any atom is -0.228 e. The predicted molar refractivity (Wildman–Crippen MR) is 229 cm³/mol. The van der Waals surface area contributed by atoms with Gasteiger partial charge in [0.05, 0.1) is 11.4 Å². The number of aromatic nitrogens is 2. The Bertz CT molecular complexity index is 3130. The van der Waals surface area contributed by atoms with Crippen molar-refractivity contribution in [3.63, 3.8) is 0 Å². The molecule has 0 spiro atoms. The van der Waals surface area contributed by atoms with Crippen LogP contribution in [0, 0.1) is 0 Å². The Hall–Kier alpha value is -6.42. The van der Waals surface area contributed by atoms with E-state index in [1.807, 2.05) is 11.3 Å². The molecule has 0 bridgehead atoms. The molecule has 2 nitrogen and oxygen atoms in total. The fourth-order valence-corrected chi connectivity index (χ4v) is 10.0. The summed E-state index contributed by atoms with van der Waals surface area (Å²) in [6, 6.07) is 61.6. The van der Waals surface area contributed by atoms with E-state index in [9.17, 15) is 0 Å². The molecule has 11 rings (SSSR count). The van der Waals surface area contributed by atoms with E-state index in [2.05, 4.69) is 184 Å². The van der Waals surface area contributed by atoms with Crippen molar-refractivity contribution < 1.29 is 0 Å². The molecule has 0 atom stereocenters. The zero-order chi connectivity index (χ0) is 36.0. The summed E-state index contributed by atoms with van der Waals surface area (Å²) in [6.45, 7) is 4.76. The fourth-order valence-electron chi connectivity index (χ4n) is 8.88. The minimum absolute atomic E-state index is 0.164. The first-order chi connectivity index (χ1) is 26.5. The Morgan fingerprint density at radius 3 is 1.81 bits per heavy atom. The maximum absolute atomic E-state index is 5.34. The highest BCUT2D eigenvalue weighted by molar-refractivity contribution is 7.25. The van der Waals surface area contributed by atoms with Gasteiger partial charge >= 0.3 is 0 Å². The lowest BCUT2D eigenvalue weighted by molar-refractivity contribution is 0.663. The topological polar surface area (TPSA) is 25.8 Å². The smallest absolute Gasteiger partial charge is 0.161 e. The summed E-state index contributed by atoms with van der Waals surface area (Å²) >= 11 is 1.83. The first-order valence-corrected chi connectivity index (χ1v) is 19.4. The Labute approximate surface area is 318 Å². The average Bonchev–Trinajstić information content (AvgIpc) is 3.71. The van der Waals surface area contributed by atoms with Gasteiger partial charge in [0.15, 0.2) is 5.82 Å². The standard InChI is InChI=1S/C51H34N2S/c1-51(2)44-28-33-16-7-6-15-32(33)27-43(44)41-21-12-20-40(49(41)51)37-25-26-42(36-18-9-8-17-35(36)37)50-52-45(31-13-4-3-5-14-31)30-46(53-50)34-23-24-39-38-19-10-11-22-47(38)54-48(39)29-34/h3-30H,1-2H3. The predicted octanol–water partition coefficient (Wildman–Crippen LogP) is 14.1. The van der Waals surface area contributed by atoms with Gasteiger partial charge in [0.1, 0.15) is 0 Å². The van der Waals surface area contributed by atoms with Gasteiger partial charge < -0.3 is 0 Å². The van der Waals surface area contributed by atoms with E-state index in [0.29, 0.717) is 0 Å². The van der Waals surface area contributed by atoms with Gasteiger partial charge in [-0.05, 0) is 91.3 Å². The van der Waals surface area contributed by atoms with Gasteiger partial charge in [-0.25, -0.2) is 9.97 Å². The Morgan fingerprint density at radius 1 is 0.407 bits per heavy atom. The average molecular weight is 707 g/mol. The molecule has 0 aliphatic heterocycles. The monoisotopic (exact) mass is 706 g/mol. The fraction of sp³-hybridized carbons (Fsp3) is 0.0588. The summed E-state index contributed by atoms with van der Waals surface area (Å²) < 4.78 is 2.56. The highest BCUT2D eigenvalue weighted by Crippen LogP contribution is 2.54. The van der Waals surface area contributed by atoms with Gasteiger partial charge in [0.25, 0.3) is 0 Å². The van der Waals surface area contributed by atoms with Gasteiger partial charge in [-0.2, -0.15) is 0 Å².